The molecule has 2 fully saturated rings. The van der Waals surface area contributed by atoms with Gasteiger partial charge >= 0.3 is 0 Å². The van der Waals surface area contributed by atoms with E-state index in [1.54, 1.807) is 24.5 Å². The van der Waals surface area contributed by atoms with Crippen LogP contribution in [0.3, 0.4) is 0 Å². The molecule has 8 heteroatoms. The van der Waals surface area contributed by atoms with Crippen LogP contribution in [0.15, 0.2) is 24.5 Å². The summed E-state index contributed by atoms with van der Waals surface area (Å²) in [6.45, 7) is 0.380. The van der Waals surface area contributed by atoms with Gasteiger partial charge in [-0.1, -0.05) is 24.2 Å². The Hall–Kier alpha value is -2.45. The molecule has 3 aromatic rings. The van der Waals surface area contributed by atoms with Crippen molar-refractivity contribution in [3.8, 4) is 11.1 Å². The summed E-state index contributed by atoms with van der Waals surface area (Å²) in [5, 5.41) is 3.22. The Balaban J connectivity index is 1.33. The van der Waals surface area contributed by atoms with Crippen molar-refractivity contribution in [2.24, 2.45) is 5.92 Å². The van der Waals surface area contributed by atoms with Gasteiger partial charge in [-0.05, 0) is 37.8 Å². The number of aromatic nitrogens is 3. The Morgan fingerprint density at radius 2 is 1.93 bits per heavy atom. The first-order valence-electron chi connectivity index (χ1n) is 10.00. The second kappa shape index (κ2) is 7.76. The molecule has 6 nitrogen and oxygen atoms in total. The number of nitrogens with zero attached hydrogens (tertiary/aromatic N) is 3. The quantitative estimate of drug-likeness (QED) is 0.635. The summed E-state index contributed by atoms with van der Waals surface area (Å²) < 4.78 is 21.4. The fourth-order valence-corrected chi connectivity index (χ4v) is 4.51. The van der Waals surface area contributed by atoms with Crippen LogP contribution in [0, 0.1) is 11.7 Å². The molecule has 0 saturated heterocycles. The second-order valence-electron chi connectivity index (χ2n) is 7.66. The van der Waals surface area contributed by atoms with E-state index in [9.17, 15) is 4.79 Å². The van der Waals surface area contributed by atoms with Crippen molar-refractivity contribution in [1.29, 1.82) is 0 Å². The van der Waals surface area contributed by atoms with Crippen LogP contribution < -0.4 is 5.32 Å². The molecule has 2 saturated carbocycles. The van der Waals surface area contributed by atoms with E-state index in [1.165, 1.54) is 12.8 Å². The van der Waals surface area contributed by atoms with Crippen LogP contribution in [0.25, 0.3) is 21.3 Å². The summed E-state index contributed by atoms with van der Waals surface area (Å²) in [6.07, 6.45) is 10.0. The molecule has 1 aromatic carbocycles. The van der Waals surface area contributed by atoms with Gasteiger partial charge in [0, 0.05) is 29.4 Å². The third-order valence-electron chi connectivity index (χ3n) is 5.44. The van der Waals surface area contributed by atoms with Crippen molar-refractivity contribution < 1.29 is 13.9 Å². The highest BCUT2D eigenvalue weighted by Gasteiger charge is 2.30. The van der Waals surface area contributed by atoms with E-state index < -0.39 is 0 Å². The molecule has 2 aliphatic carbocycles. The van der Waals surface area contributed by atoms with Gasteiger partial charge in [0.2, 0.25) is 5.91 Å². The molecular weight excluding hydrogens is 391 g/mol. The first kappa shape index (κ1) is 18.6. The molecule has 0 spiro atoms. The number of amides is 1. The number of benzene rings is 1. The molecule has 0 unspecified atom stereocenters. The topological polar surface area (TPSA) is 77.0 Å². The molecule has 0 radical (unpaired) electrons. The third kappa shape index (κ3) is 4.00. The zero-order chi connectivity index (χ0) is 19.8. The molecule has 150 valence electrons. The molecule has 1 N–H and O–H groups in total. The lowest BCUT2D eigenvalue weighted by Gasteiger charge is -2.10. The second-order valence-corrected chi connectivity index (χ2v) is 8.66. The minimum atomic E-state index is -0.370. The van der Waals surface area contributed by atoms with Crippen molar-refractivity contribution in [3.05, 3.63) is 36.2 Å². The predicted molar refractivity (Wildman–Crippen MR) is 109 cm³/mol. The predicted octanol–water partition coefficient (Wildman–Crippen LogP) is 4.70. The number of rotatable bonds is 6. The number of nitrogens with one attached hydrogen (secondary N) is 1. The first-order chi connectivity index (χ1) is 14.2. The monoisotopic (exact) mass is 412 g/mol. The number of hydrogen-bond donors (Lipinski definition) is 1. The fraction of sp³-hybridized carbons (Fsp3) is 0.429. The molecule has 29 heavy (non-hydrogen) atoms. The Morgan fingerprint density at radius 1 is 1.17 bits per heavy atom. The summed E-state index contributed by atoms with van der Waals surface area (Å²) in [5.41, 5.74) is 1.56. The van der Waals surface area contributed by atoms with E-state index in [1.807, 2.05) is 0 Å². The Morgan fingerprint density at radius 3 is 2.66 bits per heavy atom. The molecule has 5 rings (SSSR count). The van der Waals surface area contributed by atoms with E-state index in [0.29, 0.717) is 45.0 Å². The summed E-state index contributed by atoms with van der Waals surface area (Å²) >= 11 is 1.15. The van der Waals surface area contributed by atoms with E-state index in [-0.39, 0.29) is 17.6 Å². The average Bonchev–Trinajstić information content (AvgIpc) is 3.30. The summed E-state index contributed by atoms with van der Waals surface area (Å²) in [6, 6.07) is 3.44. The summed E-state index contributed by atoms with van der Waals surface area (Å²) in [7, 11) is 0. The van der Waals surface area contributed by atoms with Gasteiger partial charge in [-0.25, -0.2) is 19.3 Å². The lowest BCUT2D eigenvalue weighted by atomic mass is 10.1. The van der Waals surface area contributed by atoms with Gasteiger partial charge in [0.25, 0.3) is 0 Å². The maximum Gasteiger partial charge on any atom is 0.229 e. The Kier molecular flexibility index (Phi) is 4.97. The van der Waals surface area contributed by atoms with Crippen LogP contribution in [-0.2, 0) is 16.1 Å². The Labute approximate surface area is 171 Å². The minimum absolute atomic E-state index is 0.0338. The van der Waals surface area contributed by atoms with E-state index in [0.717, 1.165) is 37.0 Å². The number of ether oxygens (including phenoxy) is 1. The minimum Gasteiger partial charge on any atom is -0.370 e. The number of halogens is 1. The largest absolute Gasteiger partial charge is 0.370 e. The molecule has 2 aliphatic rings. The van der Waals surface area contributed by atoms with Crippen molar-refractivity contribution in [1.82, 2.24) is 15.0 Å². The maximum absolute atomic E-state index is 15.1. The van der Waals surface area contributed by atoms with E-state index >= 15 is 4.39 Å². The van der Waals surface area contributed by atoms with Crippen LogP contribution in [0.4, 0.5) is 9.52 Å². The highest BCUT2D eigenvalue weighted by Crippen LogP contribution is 2.35. The third-order valence-corrected chi connectivity index (χ3v) is 6.42. The maximum atomic E-state index is 15.1. The van der Waals surface area contributed by atoms with Crippen molar-refractivity contribution >= 4 is 32.6 Å². The average molecular weight is 412 g/mol. The molecule has 2 aromatic heterocycles. The summed E-state index contributed by atoms with van der Waals surface area (Å²) in [5.74, 6) is 0.278. The van der Waals surface area contributed by atoms with Crippen LogP contribution in [0.1, 0.15) is 44.3 Å². The number of thiazole rings is 1. The SMILES string of the molecule is O=C(Nc1nc2ccc(-c3cnc(COC4CCCC4)nc3)c(F)c2s1)C1CC1. The first-order valence-corrected chi connectivity index (χ1v) is 10.8. The van der Waals surface area contributed by atoms with Gasteiger partial charge in [0.05, 0.1) is 16.3 Å². The Bertz CT molecular complexity index is 1040. The smallest absolute Gasteiger partial charge is 0.229 e. The molecule has 1 amide bonds. The van der Waals surface area contributed by atoms with Crippen LogP contribution in [-0.4, -0.2) is 27.0 Å². The molecule has 0 bridgehead atoms. The van der Waals surface area contributed by atoms with E-state index in [2.05, 4.69) is 20.3 Å². The van der Waals surface area contributed by atoms with Crippen LogP contribution in [0.2, 0.25) is 0 Å². The van der Waals surface area contributed by atoms with Gasteiger partial charge in [0.15, 0.2) is 16.8 Å². The molecule has 2 heterocycles. The van der Waals surface area contributed by atoms with Gasteiger partial charge in [0.1, 0.15) is 6.61 Å². The molecule has 0 aliphatic heterocycles. The lowest BCUT2D eigenvalue weighted by molar-refractivity contribution is -0.117. The summed E-state index contributed by atoms with van der Waals surface area (Å²) in [4.78, 5) is 24.9. The molecule has 0 atom stereocenters. The normalized spacial score (nSPS) is 17.1. The fourth-order valence-electron chi connectivity index (χ4n) is 3.61. The number of carbonyl (C=O) groups excluding carboxylic acids is 1. The highest BCUT2D eigenvalue weighted by molar-refractivity contribution is 7.22. The van der Waals surface area contributed by atoms with Crippen molar-refractivity contribution in [3.63, 3.8) is 0 Å². The standard InChI is InChI=1S/C21H21FN4O2S/c22-18-15(13-9-23-17(24-10-13)11-28-14-3-1-2-4-14)7-8-16-19(18)29-21(25-16)26-20(27)12-5-6-12/h7-10,12,14H,1-6,11H2,(H,25,26,27). The van der Waals surface area contributed by atoms with Crippen molar-refractivity contribution in [2.45, 2.75) is 51.2 Å². The van der Waals surface area contributed by atoms with Gasteiger partial charge in [-0.15, -0.1) is 0 Å². The number of hydrogen-bond acceptors (Lipinski definition) is 6. The van der Waals surface area contributed by atoms with Gasteiger partial charge in [-0.3, -0.25) is 4.79 Å². The number of fused-ring (bicyclic) bond motifs is 1. The highest BCUT2D eigenvalue weighted by atomic mass is 32.1. The van der Waals surface area contributed by atoms with Crippen LogP contribution >= 0.6 is 11.3 Å². The lowest BCUT2D eigenvalue weighted by Crippen LogP contribution is -2.12. The van der Waals surface area contributed by atoms with Crippen LogP contribution in [0.5, 0.6) is 0 Å². The number of carbonyl (C=O) groups is 1. The zero-order valence-corrected chi connectivity index (χ0v) is 16.7. The molecular formula is C21H21FN4O2S. The number of anilines is 1. The zero-order valence-electron chi connectivity index (χ0n) is 15.9. The van der Waals surface area contributed by atoms with Crippen molar-refractivity contribution in [2.75, 3.05) is 5.32 Å². The van der Waals surface area contributed by atoms with Gasteiger partial charge in [-0.2, -0.15) is 0 Å². The van der Waals surface area contributed by atoms with Gasteiger partial charge < -0.3 is 10.1 Å². The van der Waals surface area contributed by atoms with E-state index in [4.69, 9.17) is 4.74 Å².